The van der Waals surface area contributed by atoms with E-state index in [4.69, 9.17) is 5.14 Å². The number of benzene rings is 1. The molecular weight excluding hydrogens is 276 g/mol. The number of amides is 1. The molecule has 0 saturated heterocycles. The van der Waals surface area contributed by atoms with Gasteiger partial charge < -0.3 is 5.32 Å². The molecule has 2 rings (SSSR count). The molecule has 0 spiro atoms. The topological polar surface area (TPSA) is 89.3 Å². The largest absolute Gasteiger partial charge is 0.349 e. The van der Waals surface area contributed by atoms with Crippen LogP contribution in [0, 0.1) is 19.8 Å². The number of hydrogen-bond acceptors (Lipinski definition) is 3. The van der Waals surface area contributed by atoms with Gasteiger partial charge in [0.1, 0.15) is 0 Å². The number of nitrogens with two attached hydrogens (primary N) is 1. The number of primary sulfonamides is 1. The highest BCUT2D eigenvalue weighted by molar-refractivity contribution is 7.89. The Hall–Kier alpha value is -1.40. The molecule has 1 aliphatic rings. The van der Waals surface area contributed by atoms with Crippen LogP contribution in [0.3, 0.4) is 0 Å². The first-order chi connectivity index (χ1) is 9.24. The molecule has 3 N–H and O–H groups in total. The van der Waals surface area contributed by atoms with E-state index < -0.39 is 10.0 Å². The number of aryl methyl sites for hydroxylation is 1. The number of hydrogen-bond donors (Lipinski definition) is 2. The Morgan fingerprint density at radius 2 is 2.05 bits per heavy atom. The molecule has 0 aromatic heterocycles. The summed E-state index contributed by atoms with van der Waals surface area (Å²) in [5.74, 6) is 0.318. The molecule has 1 fully saturated rings. The standard InChI is InChI=1S/C14H20N2O3S/c1-4-10-6-13(10)16-14(17)12-7-11(20(15,18)19)5-8(2)9(12)3/h5,7,10,13H,4,6H2,1-3H3,(H,16,17)(H2,15,18,19). The van der Waals surface area contributed by atoms with Crippen molar-refractivity contribution < 1.29 is 13.2 Å². The molecule has 1 amide bonds. The molecule has 1 aliphatic carbocycles. The zero-order valence-corrected chi connectivity index (χ0v) is 12.8. The number of carbonyl (C=O) groups is 1. The molecule has 0 aliphatic heterocycles. The van der Waals surface area contributed by atoms with Gasteiger partial charge in [0.2, 0.25) is 10.0 Å². The molecule has 20 heavy (non-hydrogen) atoms. The predicted molar refractivity (Wildman–Crippen MR) is 76.9 cm³/mol. The van der Waals surface area contributed by atoms with E-state index in [9.17, 15) is 13.2 Å². The first-order valence-electron chi connectivity index (χ1n) is 6.69. The van der Waals surface area contributed by atoms with Crippen LogP contribution in [0.5, 0.6) is 0 Å². The summed E-state index contributed by atoms with van der Waals surface area (Å²) in [6, 6.07) is 3.06. The highest BCUT2D eigenvalue weighted by Gasteiger charge is 2.36. The summed E-state index contributed by atoms with van der Waals surface area (Å²) < 4.78 is 22.9. The monoisotopic (exact) mass is 296 g/mol. The van der Waals surface area contributed by atoms with Crippen LogP contribution >= 0.6 is 0 Å². The quantitative estimate of drug-likeness (QED) is 0.882. The van der Waals surface area contributed by atoms with E-state index >= 15 is 0 Å². The fourth-order valence-corrected chi connectivity index (χ4v) is 2.97. The van der Waals surface area contributed by atoms with Crippen LogP contribution < -0.4 is 10.5 Å². The molecule has 6 heteroatoms. The first-order valence-corrected chi connectivity index (χ1v) is 8.23. The molecule has 5 nitrogen and oxygen atoms in total. The van der Waals surface area contributed by atoms with Crippen molar-refractivity contribution in [3.63, 3.8) is 0 Å². The maximum absolute atomic E-state index is 12.3. The van der Waals surface area contributed by atoms with E-state index in [1.54, 1.807) is 13.8 Å². The Kier molecular flexibility index (Phi) is 3.88. The first kappa shape index (κ1) is 15.0. The average molecular weight is 296 g/mol. The fourth-order valence-electron chi connectivity index (χ4n) is 2.35. The van der Waals surface area contributed by atoms with Gasteiger partial charge in [-0.2, -0.15) is 0 Å². The Morgan fingerprint density at radius 1 is 1.40 bits per heavy atom. The van der Waals surface area contributed by atoms with E-state index in [1.165, 1.54) is 12.1 Å². The van der Waals surface area contributed by atoms with Gasteiger partial charge in [0, 0.05) is 11.6 Å². The lowest BCUT2D eigenvalue weighted by Crippen LogP contribution is -2.28. The second kappa shape index (κ2) is 5.18. The zero-order valence-electron chi connectivity index (χ0n) is 11.9. The van der Waals surface area contributed by atoms with Crippen molar-refractivity contribution in [2.75, 3.05) is 0 Å². The van der Waals surface area contributed by atoms with Gasteiger partial charge in [-0.05, 0) is 49.4 Å². The van der Waals surface area contributed by atoms with Gasteiger partial charge in [-0.15, -0.1) is 0 Å². The van der Waals surface area contributed by atoms with Crippen molar-refractivity contribution in [2.45, 2.75) is 44.6 Å². The molecule has 0 bridgehead atoms. The van der Waals surface area contributed by atoms with Gasteiger partial charge in [0.25, 0.3) is 5.91 Å². The van der Waals surface area contributed by atoms with Crippen molar-refractivity contribution >= 4 is 15.9 Å². The van der Waals surface area contributed by atoms with Crippen LogP contribution in [0.2, 0.25) is 0 Å². The van der Waals surface area contributed by atoms with Gasteiger partial charge in [-0.1, -0.05) is 13.3 Å². The lowest BCUT2D eigenvalue weighted by molar-refractivity contribution is 0.0948. The Bertz CT molecular complexity index is 653. The Morgan fingerprint density at radius 3 is 2.55 bits per heavy atom. The third kappa shape index (κ3) is 3.02. The number of nitrogens with one attached hydrogen (secondary N) is 1. The van der Waals surface area contributed by atoms with E-state index in [0.717, 1.165) is 24.0 Å². The lowest BCUT2D eigenvalue weighted by atomic mass is 10.0. The summed E-state index contributed by atoms with van der Waals surface area (Å²) in [5.41, 5.74) is 1.91. The molecule has 0 heterocycles. The normalized spacial score (nSPS) is 21.6. The van der Waals surface area contributed by atoms with Gasteiger partial charge in [-0.25, -0.2) is 13.6 Å². The highest BCUT2D eigenvalue weighted by atomic mass is 32.2. The van der Waals surface area contributed by atoms with Crippen molar-refractivity contribution in [1.29, 1.82) is 0 Å². The minimum atomic E-state index is -3.81. The van der Waals surface area contributed by atoms with E-state index in [1.807, 2.05) is 0 Å². The predicted octanol–water partition coefficient (Wildman–Crippen LogP) is 1.48. The summed E-state index contributed by atoms with van der Waals surface area (Å²) in [6.45, 7) is 5.67. The zero-order chi connectivity index (χ0) is 15.1. The molecule has 2 unspecified atom stereocenters. The van der Waals surface area contributed by atoms with Gasteiger partial charge >= 0.3 is 0 Å². The number of carbonyl (C=O) groups excluding carboxylic acids is 1. The van der Waals surface area contributed by atoms with E-state index in [-0.39, 0.29) is 16.8 Å². The van der Waals surface area contributed by atoms with Crippen LogP contribution in [0.25, 0.3) is 0 Å². The van der Waals surface area contributed by atoms with Crippen molar-refractivity contribution in [1.82, 2.24) is 5.32 Å². The van der Waals surface area contributed by atoms with Gasteiger partial charge in [-0.3, -0.25) is 4.79 Å². The van der Waals surface area contributed by atoms with Gasteiger partial charge in [0.15, 0.2) is 0 Å². The van der Waals surface area contributed by atoms with Crippen LogP contribution in [-0.4, -0.2) is 20.4 Å². The van der Waals surface area contributed by atoms with Crippen molar-refractivity contribution in [3.05, 3.63) is 28.8 Å². The second-order valence-corrected chi connectivity index (χ2v) is 7.00. The molecular formula is C14H20N2O3S. The van der Waals surface area contributed by atoms with Crippen molar-refractivity contribution in [3.8, 4) is 0 Å². The molecule has 1 aromatic carbocycles. The second-order valence-electron chi connectivity index (χ2n) is 5.44. The molecule has 1 aromatic rings. The maximum atomic E-state index is 12.3. The third-order valence-electron chi connectivity index (χ3n) is 3.98. The van der Waals surface area contributed by atoms with Crippen LogP contribution in [0.4, 0.5) is 0 Å². The van der Waals surface area contributed by atoms with Crippen molar-refractivity contribution in [2.24, 2.45) is 11.1 Å². The number of sulfonamides is 1. The van der Waals surface area contributed by atoms with Crippen LogP contribution in [0.15, 0.2) is 17.0 Å². The smallest absolute Gasteiger partial charge is 0.251 e. The van der Waals surface area contributed by atoms with E-state index in [2.05, 4.69) is 12.2 Å². The molecule has 0 radical (unpaired) electrons. The Balaban J connectivity index is 2.31. The maximum Gasteiger partial charge on any atom is 0.251 e. The minimum Gasteiger partial charge on any atom is -0.349 e. The Labute approximate surface area is 119 Å². The summed E-state index contributed by atoms with van der Waals surface area (Å²) in [4.78, 5) is 12.2. The van der Waals surface area contributed by atoms with Crippen LogP contribution in [-0.2, 0) is 10.0 Å². The summed E-state index contributed by atoms with van der Waals surface area (Å²) in [5, 5.41) is 8.09. The van der Waals surface area contributed by atoms with Crippen LogP contribution in [0.1, 0.15) is 41.3 Å². The molecule has 2 atom stereocenters. The van der Waals surface area contributed by atoms with E-state index in [0.29, 0.717) is 11.5 Å². The third-order valence-corrected chi connectivity index (χ3v) is 4.87. The minimum absolute atomic E-state index is 0.0198. The average Bonchev–Trinajstić information content (AvgIpc) is 3.09. The summed E-state index contributed by atoms with van der Waals surface area (Å²) in [7, 11) is -3.81. The highest BCUT2D eigenvalue weighted by Crippen LogP contribution is 2.33. The fraction of sp³-hybridized carbons (Fsp3) is 0.500. The lowest BCUT2D eigenvalue weighted by Gasteiger charge is -2.11. The molecule has 110 valence electrons. The number of rotatable bonds is 4. The SMILES string of the molecule is CCC1CC1NC(=O)c1cc(S(N)(=O)=O)cc(C)c1C. The summed E-state index contributed by atoms with van der Waals surface area (Å²) in [6.07, 6.45) is 2.04. The summed E-state index contributed by atoms with van der Waals surface area (Å²) >= 11 is 0. The van der Waals surface area contributed by atoms with Gasteiger partial charge in [0.05, 0.1) is 4.90 Å². The molecule has 1 saturated carbocycles.